The summed E-state index contributed by atoms with van der Waals surface area (Å²) in [6.07, 6.45) is 1.46. The zero-order valence-electron chi connectivity index (χ0n) is 14.4. The van der Waals surface area contributed by atoms with Crippen molar-refractivity contribution in [1.29, 1.82) is 0 Å². The Hall–Kier alpha value is -2.03. The Balaban J connectivity index is 1.90. The average molecular weight is 415 g/mol. The van der Waals surface area contributed by atoms with Crippen LogP contribution in [-0.2, 0) is 26.7 Å². The number of hydrogen-bond acceptors (Lipinski definition) is 4. The van der Waals surface area contributed by atoms with Gasteiger partial charge in [0.1, 0.15) is 11.6 Å². The van der Waals surface area contributed by atoms with Crippen LogP contribution in [0.2, 0.25) is 5.02 Å². The molecule has 0 saturated carbocycles. The first kappa shape index (κ1) is 19.7. The molecular formula is C18H17ClF2N2O3S. The van der Waals surface area contributed by atoms with Crippen LogP contribution in [0.15, 0.2) is 35.4 Å². The number of H-pyrrole nitrogens is 1. The van der Waals surface area contributed by atoms with Crippen molar-refractivity contribution in [3.05, 3.63) is 58.5 Å². The summed E-state index contributed by atoms with van der Waals surface area (Å²) in [4.78, 5) is 6.33. The zero-order chi connectivity index (χ0) is 19.6. The first-order valence-electron chi connectivity index (χ1n) is 8.22. The summed E-state index contributed by atoms with van der Waals surface area (Å²) in [6, 6.07) is 5.67. The van der Waals surface area contributed by atoms with Crippen LogP contribution in [0.3, 0.4) is 0 Å². The molecule has 0 atom stereocenters. The third-order valence-electron chi connectivity index (χ3n) is 4.06. The minimum absolute atomic E-state index is 0.0174. The number of ether oxygens (including phenoxy) is 1. The van der Waals surface area contributed by atoms with Gasteiger partial charge in [-0.05, 0) is 25.1 Å². The molecule has 3 rings (SSSR count). The summed E-state index contributed by atoms with van der Waals surface area (Å²) < 4.78 is 59.0. The highest BCUT2D eigenvalue weighted by Gasteiger charge is 2.24. The van der Waals surface area contributed by atoms with Gasteiger partial charge < -0.3 is 9.72 Å². The minimum atomic E-state index is -3.95. The topological polar surface area (TPSA) is 72.1 Å². The number of nitrogens with zero attached hydrogens (tertiary/aromatic N) is 1. The molecule has 0 saturated heterocycles. The maximum absolute atomic E-state index is 14.3. The van der Waals surface area contributed by atoms with E-state index < -0.39 is 33.0 Å². The van der Waals surface area contributed by atoms with Crippen LogP contribution in [0.5, 0.6) is 0 Å². The van der Waals surface area contributed by atoms with E-state index in [0.29, 0.717) is 22.5 Å². The summed E-state index contributed by atoms with van der Waals surface area (Å²) in [5, 5.41) is 0.874. The second kappa shape index (κ2) is 7.92. The summed E-state index contributed by atoms with van der Waals surface area (Å²) in [5.74, 6) is -2.52. The molecule has 0 aliphatic carbocycles. The Morgan fingerprint density at radius 2 is 2.04 bits per heavy atom. The van der Waals surface area contributed by atoms with Crippen molar-refractivity contribution in [3.63, 3.8) is 0 Å². The van der Waals surface area contributed by atoms with Gasteiger partial charge in [0.15, 0.2) is 9.84 Å². The molecule has 0 aliphatic heterocycles. The number of halogens is 3. The van der Waals surface area contributed by atoms with E-state index in [9.17, 15) is 17.2 Å². The van der Waals surface area contributed by atoms with Gasteiger partial charge in [-0.3, -0.25) is 0 Å². The van der Waals surface area contributed by atoms with Crippen molar-refractivity contribution in [2.45, 2.75) is 24.0 Å². The highest BCUT2D eigenvalue weighted by atomic mass is 35.5. The van der Waals surface area contributed by atoms with Gasteiger partial charge in [0.2, 0.25) is 5.95 Å². The highest BCUT2D eigenvalue weighted by molar-refractivity contribution is 7.90. The van der Waals surface area contributed by atoms with E-state index in [0.717, 1.165) is 6.07 Å². The lowest BCUT2D eigenvalue weighted by molar-refractivity contribution is 0.150. The van der Waals surface area contributed by atoms with E-state index in [1.165, 1.54) is 6.20 Å². The van der Waals surface area contributed by atoms with Crippen LogP contribution in [0, 0.1) is 11.8 Å². The molecule has 27 heavy (non-hydrogen) atoms. The lowest BCUT2D eigenvalue weighted by atomic mass is 10.2. The fourth-order valence-corrected chi connectivity index (χ4v) is 4.37. The number of hydrogen-bond donors (Lipinski definition) is 1. The van der Waals surface area contributed by atoms with Crippen molar-refractivity contribution in [2.24, 2.45) is 0 Å². The summed E-state index contributed by atoms with van der Waals surface area (Å²) in [5.41, 5.74) is 0.117. The van der Waals surface area contributed by atoms with E-state index in [4.69, 9.17) is 16.3 Å². The average Bonchev–Trinajstić information content (AvgIpc) is 3.03. The van der Waals surface area contributed by atoms with E-state index in [-0.39, 0.29) is 23.5 Å². The molecule has 5 nitrogen and oxygen atoms in total. The molecule has 144 valence electrons. The van der Waals surface area contributed by atoms with Crippen LogP contribution in [0.4, 0.5) is 8.78 Å². The van der Waals surface area contributed by atoms with Gasteiger partial charge in [-0.25, -0.2) is 17.8 Å². The Kier molecular flexibility index (Phi) is 5.78. The fourth-order valence-electron chi connectivity index (χ4n) is 2.73. The van der Waals surface area contributed by atoms with Gasteiger partial charge in [-0.15, -0.1) is 0 Å². The smallest absolute Gasteiger partial charge is 0.216 e. The second-order valence-corrected chi connectivity index (χ2v) is 8.31. The first-order valence-corrected chi connectivity index (χ1v) is 10.3. The molecule has 0 spiro atoms. The molecule has 0 radical (unpaired) electrons. The van der Waals surface area contributed by atoms with Crippen molar-refractivity contribution in [3.8, 4) is 0 Å². The quantitative estimate of drug-likeness (QED) is 0.467. The number of fused-ring (bicyclic) bond motifs is 1. The van der Waals surface area contributed by atoms with Crippen molar-refractivity contribution in [1.82, 2.24) is 9.97 Å². The lowest BCUT2D eigenvalue weighted by Crippen LogP contribution is -2.11. The Bertz CT molecular complexity index is 1080. The zero-order valence-corrected chi connectivity index (χ0v) is 16.0. The summed E-state index contributed by atoms with van der Waals surface area (Å²) in [7, 11) is -3.95. The van der Waals surface area contributed by atoms with E-state index in [1.807, 2.05) is 0 Å². The maximum atomic E-state index is 14.3. The SMILES string of the molecule is CCOCCc1cc(F)c(CS(=O)(=O)c2c[nH]c3cc(Cl)ccc23)nc1F. The molecular weight excluding hydrogens is 398 g/mol. The third kappa shape index (κ3) is 4.28. The monoisotopic (exact) mass is 414 g/mol. The van der Waals surface area contributed by atoms with Crippen LogP contribution in [0.25, 0.3) is 10.9 Å². The van der Waals surface area contributed by atoms with E-state index in [2.05, 4.69) is 9.97 Å². The Labute approximate surface area is 160 Å². The number of benzene rings is 1. The van der Waals surface area contributed by atoms with Crippen LogP contribution >= 0.6 is 11.6 Å². The van der Waals surface area contributed by atoms with Gasteiger partial charge in [-0.2, -0.15) is 4.39 Å². The van der Waals surface area contributed by atoms with Crippen molar-refractivity contribution in [2.75, 3.05) is 13.2 Å². The second-order valence-electron chi connectivity index (χ2n) is 5.92. The van der Waals surface area contributed by atoms with E-state index >= 15 is 0 Å². The minimum Gasteiger partial charge on any atom is -0.381 e. The molecule has 0 bridgehead atoms. The van der Waals surface area contributed by atoms with Crippen LogP contribution < -0.4 is 0 Å². The lowest BCUT2D eigenvalue weighted by Gasteiger charge is -2.08. The highest BCUT2D eigenvalue weighted by Crippen LogP contribution is 2.28. The molecule has 0 unspecified atom stereocenters. The van der Waals surface area contributed by atoms with Gasteiger partial charge in [0, 0.05) is 40.7 Å². The third-order valence-corrected chi connectivity index (χ3v) is 5.96. The molecule has 1 aromatic carbocycles. The fraction of sp³-hybridized carbons (Fsp3) is 0.278. The maximum Gasteiger partial charge on any atom is 0.216 e. The molecule has 3 aromatic rings. The molecule has 1 N–H and O–H groups in total. The van der Waals surface area contributed by atoms with Crippen molar-refractivity contribution >= 4 is 32.3 Å². The number of pyridine rings is 1. The van der Waals surface area contributed by atoms with Gasteiger partial charge in [0.25, 0.3) is 0 Å². The number of aromatic amines is 1. The summed E-state index contributed by atoms with van der Waals surface area (Å²) in [6.45, 7) is 2.48. The van der Waals surface area contributed by atoms with E-state index in [1.54, 1.807) is 25.1 Å². The molecule has 0 amide bonds. The first-order chi connectivity index (χ1) is 12.8. The Morgan fingerprint density at radius 3 is 2.78 bits per heavy atom. The number of nitrogens with one attached hydrogen (secondary N) is 1. The van der Waals surface area contributed by atoms with Crippen LogP contribution in [0.1, 0.15) is 18.2 Å². The number of aromatic nitrogens is 2. The summed E-state index contributed by atoms with van der Waals surface area (Å²) >= 11 is 5.89. The van der Waals surface area contributed by atoms with Gasteiger partial charge >= 0.3 is 0 Å². The predicted molar refractivity (Wildman–Crippen MR) is 98.5 cm³/mol. The molecule has 9 heteroatoms. The normalized spacial score (nSPS) is 12.0. The number of rotatable bonds is 7. The largest absolute Gasteiger partial charge is 0.381 e. The molecule has 0 aliphatic rings. The van der Waals surface area contributed by atoms with Gasteiger partial charge in [0.05, 0.1) is 17.2 Å². The van der Waals surface area contributed by atoms with Crippen molar-refractivity contribution < 1.29 is 21.9 Å². The molecule has 0 fully saturated rings. The number of sulfone groups is 1. The Morgan fingerprint density at radius 1 is 1.26 bits per heavy atom. The van der Waals surface area contributed by atoms with Crippen LogP contribution in [-0.4, -0.2) is 31.6 Å². The predicted octanol–water partition coefficient (Wildman–Crippen LogP) is 4.05. The standard InChI is InChI=1S/C18H17ClF2N2O3S/c1-2-26-6-5-11-7-14(20)16(23-18(11)21)10-27(24,25)17-9-22-15-8-12(19)3-4-13(15)17/h3-4,7-9,22H,2,5-6,10H2,1H3. The molecule has 2 aromatic heterocycles. The van der Waals surface area contributed by atoms with Gasteiger partial charge in [-0.1, -0.05) is 17.7 Å². The molecule has 2 heterocycles.